The molecule has 1 saturated carbocycles. The molecule has 1 heterocycles. The van der Waals surface area contributed by atoms with Crippen LogP contribution in [0, 0.1) is 0 Å². The molecule has 0 unspecified atom stereocenters. The second-order valence-electron chi connectivity index (χ2n) is 4.16. The predicted molar refractivity (Wildman–Crippen MR) is 66.5 cm³/mol. The van der Waals surface area contributed by atoms with E-state index in [0.29, 0.717) is 0 Å². The summed E-state index contributed by atoms with van der Waals surface area (Å²) < 4.78 is 2.24. The molecule has 82 valence electrons. The number of imidazole rings is 1. The van der Waals surface area contributed by atoms with E-state index >= 15 is 0 Å². The standard InChI is InChI=1S/C13H14N2S/c1-2-4-11(5-3-1)9-16-13-8-15(10-14-13)12-6-7-12/h1-5,8,10,12H,6-7,9H2. The van der Waals surface area contributed by atoms with Gasteiger partial charge in [-0.15, -0.1) is 11.8 Å². The second kappa shape index (κ2) is 4.34. The van der Waals surface area contributed by atoms with Gasteiger partial charge in [0.2, 0.25) is 0 Å². The van der Waals surface area contributed by atoms with Crippen molar-refractivity contribution in [2.75, 3.05) is 0 Å². The van der Waals surface area contributed by atoms with E-state index in [2.05, 4.69) is 46.1 Å². The lowest BCUT2D eigenvalue weighted by molar-refractivity contribution is 0.739. The quantitative estimate of drug-likeness (QED) is 0.748. The van der Waals surface area contributed by atoms with Crippen molar-refractivity contribution in [2.45, 2.75) is 29.7 Å². The number of nitrogens with zero attached hydrogens (tertiary/aromatic N) is 2. The first-order valence-corrected chi connectivity index (χ1v) is 6.60. The highest BCUT2D eigenvalue weighted by Gasteiger charge is 2.23. The second-order valence-corrected chi connectivity index (χ2v) is 5.16. The Kier molecular flexibility index (Phi) is 2.70. The molecule has 0 spiro atoms. The van der Waals surface area contributed by atoms with Crippen molar-refractivity contribution >= 4 is 11.8 Å². The third-order valence-electron chi connectivity index (χ3n) is 2.78. The Balaban J connectivity index is 1.61. The van der Waals surface area contributed by atoms with Crippen LogP contribution in [-0.2, 0) is 5.75 Å². The molecule has 2 nitrogen and oxygen atoms in total. The van der Waals surface area contributed by atoms with Crippen molar-refractivity contribution in [1.82, 2.24) is 9.55 Å². The molecule has 3 heteroatoms. The van der Waals surface area contributed by atoms with E-state index < -0.39 is 0 Å². The molecule has 0 N–H and O–H groups in total. The average molecular weight is 230 g/mol. The van der Waals surface area contributed by atoms with Crippen molar-refractivity contribution in [1.29, 1.82) is 0 Å². The number of hydrogen-bond donors (Lipinski definition) is 0. The molecule has 0 saturated heterocycles. The van der Waals surface area contributed by atoms with Gasteiger partial charge in [-0.25, -0.2) is 4.98 Å². The fourth-order valence-electron chi connectivity index (χ4n) is 1.70. The minimum atomic E-state index is 0.735. The van der Waals surface area contributed by atoms with Gasteiger partial charge < -0.3 is 4.57 Å². The molecule has 1 aliphatic carbocycles. The molecule has 1 aromatic carbocycles. The molecule has 0 aliphatic heterocycles. The fourth-order valence-corrected chi connectivity index (χ4v) is 2.52. The summed E-state index contributed by atoms with van der Waals surface area (Å²) in [6.45, 7) is 0. The number of aromatic nitrogens is 2. The minimum Gasteiger partial charge on any atom is -0.333 e. The van der Waals surface area contributed by atoms with Crippen LogP contribution < -0.4 is 0 Å². The van der Waals surface area contributed by atoms with Crippen LogP contribution in [0.15, 0.2) is 47.9 Å². The van der Waals surface area contributed by atoms with E-state index in [0.717, 1.165) is 16.8 Å². The molecule has 0 amide bonds. The third-order valence-corrected chi connectivity index (χ3v) is 3.76. The molecule has 1 aromatic heterocycles. The predicted octanol–water partition coefficient (Wildman–Crippen LogP) is 3.51. The van der Waals surface area contributed by atoms with Gasteiger partial charge in [-0.3, -0.25) is 0 Å². The average Bonchev–Trinajstić information content (AvgIpc) is 3.08. The number of hydrogen-bond acceptors (Lipinski definition) is 2. The highest BCUT2D eigenvalue weighted by molar-refractivity contribution is 7.98. The lowest BCUT2D eigenvalue weighted by Crippen LogP contribution is -1.86. The summed E-state index contributed by atoms with van der Waals surface area (Å²) in [5.41, 5.74) is 1.36. The normalized spacial score (nSPS) is 15.2. The summed E-state index contributed by atoms with van der Waals surface area (Å²) in [5.74, 6) is 1.00. The topological polar surface area (TPSA) is 17.8 Å². The number of benzene rings is 1. The monoisotopic (exact) mass is 230 g/mol. The molecular weight excluding hydrogens is 216 g/mol. The maximum absolute atomic E-state index is 4.42. The Morgan fingerprint density at radius 2 is 2.06 bits per heavy atom. The summed E-state index contributed by atoms with van der Waals surface area (Å²) in [7, 11) is 0. The molecule has 0 radical (unpaired) electrons. The molecule has 1 aliphatic rings. The minimum absolute atomic E-state index is 0.735. The van der Waals surface area contributed by atoms with Crippen LogP contribution in [0.3, 0.4) is 0 Å². The first-order valence-electron chi connectivity index (χ1n) is 5.62. The van der Waals surface area contributed by atoms with Crippen molar-refractivity contribution < 1.29 is 0 Å². The Hall–Kier alpha value is -1.22. The van der Waals surface area contributed by atoms with Gasteiger partial charge >= 0.3 is 0 Å². The molecule has 16 heavy (non-hydrogen) atoms. The van der Waals surface area contributed by atoms with Crippen LogP contribution in [0.5, 0.6) is 0 Å². The van der Waals surface area contributed by atoms with Crippen molar-refractivity contribution in [3.05, 3.63) is 48.4 Å². The van der Waals surface area contributed by atoms with Crippen LogP contribution in [0.4, 0.5) is 0 Å². The Labute approximate surface area is 99.7 Å². The maximum Gasteiger partial charge on any atom is 0.114 e. The zero-order valence-corrected chi connectivity index (χ0v) is 9.86. The summed E-state index contributed by atoms with van der Waals surface area (Å²) in [4.78, 5) is 4.42. The largest absolute Gasteiger partial charge is 0.333 e. The zero-order valence-electron chi connectivity index (χ0n) is 9.04. The molecule has 0 atom stereocenters. The lowest BCUT2D eigenvalue weighted by Gasteiger charge is -1.98. The molecule has 2 aromatic rings. The molecular formula is C13H14N2S. The van der Waals surface area contributed by atoms with Crippen LogP contribution in [-0.4, -0.2) is 9.55 Å². The first-order chi connectivity index (χ1) is 7.92. The van der Waals surface area contributed by atoms with E-state index in [9.17, 15) is 0 Å². The number of thioether (sulfide) groups is 1. The van der Waals surface area contributed by atoms with E-state index in [1.165, 1.54) is 18.4 Å². The summed E-state index contributed by atoms with van der Waals surface area (Å²) in [6, 6.07) is 11.3. The lowest BCUT2D eigenvalue weighted by atomic mass is 10.2. The van der Waals surface area contributed by atoms with Gasteiger partial charge in [0.1, 0.15) is 5.03 Å². The Bertz CT molecular complexity index is 460. The highest BCUT2D eigenvalue weighted by Crippen LogP contribution is 2.35. The maximum atomic E-state index is 4.42. The molecule has 1 fully saturated rings. The first kappa shape index (κ1) is 9.97. The summed E-state index contributed by atoms with van der Waals surface area (Å²) in [6.07, 6.45) is 6.77. The summed E-state index contributed by atoms with van der Waals surface area (Å²) in [5, 5.41) is 1.13. The summed E-state index contributed by atoms with van der Waals surface area (Å²) >= 11 is 1.81. The van der Waals surface area contributed by atoms with E-state index in [1.807, 2.05) is 18.1 Å². The van der Waals surface area contributed by atoms with E-state index in [-0.39, 0.29) is 0 Å². The number of rotatable bonds is 4. The van der Waals surface area contributed by atoms with Crippen molar-refractivity contribution in [2.24, 2.45) is 0 Å². The van der Waals surface area contributed by atoms with Gasteiger partial charge in [0.25, 0.3) is 0 Å². The Morgan fingerprint density at radius 1 is 1.25 bits per heavy atom. The van der Waals surface area contributed by atoms with E-state index in [4.69, 9.17) is 0 Å². The molecule has 0 bridgehead atoms. The van der Waals surface area contributed by atoms with E-state index in [1.54, 1.807) is 0 Å². The van der Waals surface area contributed by atoms with Crippen LogP contribution in [0.1, 0.15) is 24.4 Å². The Morgan fingerprint density at radius 3 is 2.81 bits per heavy atom. The third kappa shape index (κ3) is 2.30. The van der Waals surface area contributed by atoms with Gasteiger partial charge in [0.15, 0.2) is 0 Å². The highest BCUT2D eigenvalue weighted by atomic mass is 32.2. The van der Waals surface area contributed by atoms with Crippen LogP contribution in [0.25, 0.3) is 0 Å². The van der Waals surface area contributed by atoms with Crippen molar-refractivity contribution in [3.8, 4) is 0 Å². The van der Waals surface area contributed by atoms with Gasteiger partial charge in [-0.2, -0.15) is 0 Å². The van der Waals surface area contributed by atoms with Gasteiger partial charge in [0.05, 0.1) is 6.33 Å². The van der Waals surface area contributed by atoms with Gasteiger partial charge in [0, 0.05) is 18.0 Å². The zero-order chi connectivity index (χ0) is 10.8. The SMILES string of the molecule is c1ccc(CSc2cn(C3CC3)cn2)cc1. The van der Waals surface area contributed by atoms with Gasteiger partial charge in [-0.05, 0) is 18.4 Å². The fraction of sp³-hybridized carbons (Fsp3) is 0.308. The van der Waals surface area contributed by atoms with Crippen molar-refractivity contribution in [3.63, 3.8) is 0 Å². The molecule has 3 rings (SSSR count). The van der Waals surface area contributed by atoms with Crippen LogP contribution in [0.2, 0.25) is 0 Å². The van der Waals surface area contributed by atoms with Gasteiger partial charge in [-0.1, -0.05) is 30.3 Å². The smallest absolute Gasteiger partial charge is 0.114 e. The van der Waals surface area contributed by atoms with Crippen LogP contribution >= 0.6 is 11.8 Å².